The van der Waals surface area contributed by atoms with E-state index in [0.29, 0.717) is 12.8 Å². The van der Waals surface area contributed by atoms with E-state index in [4.69, 9.17) is 5.73 Å². The minimum atomic E-state index is -1.51. The van der Waals surface area contributed by atoms with Crippen molar-refractivity contribution >= 4 is 30.3 Å². The van der Waals surface area contributed by atoms with E-state index in [1.165, 1.54) is 0 Å². The Kier molecular flexibility index (Phi) is 5.39. The van der Waals surface area contributed by atoms with Crippen molar-refractivity contribution in [3.8, 4) is 0 Å². The molecule has 0 unspecified atom stereocenters. The van der Waals surface area contributed by atoms with Crippen molar-refractivity contribution in [2.24, 2.45) is 23.5 Å². The predicted molar refractivity (Wildman–Crippen MR) is 91.2 cm³/mol. The minimum Gasteiger partial charge on any atom is -0.481 e. The van der Waals surface area contributed by atoms with Crippen LogP contribution in [0.2, 0.25) is 0 Å². The molecule has 5 atom stereocenters. The van der Waals surface area contributed by atoms with Crippen molar-refractivity contribution in [2.75, 3.05) is 0 Å². The maximum absolute atomic E-state index is 12.4. The van der Waals surface area contributed by atoms with Gasteiger partial charge in [0.15, 0.2) is 0 Å². The number of halogens is 1. The summed E-state index contributed by atoms with van der Waals surface area (Å²) in [6, 6.07) is 8.32. The van der Waals surface area contributed by atoms with Gasteiger partial charge >= 0.3 is 11.9 Å². The summed E-state index contributed by atoms with van der Waals surface area (Å²) < 4.78 is 0. The highest BCUT2D eigenvalue weighted by Gasteiger charge is 2.72. The van der Waals surface area contributed by atoms with Crippen LogP contribution in [-0.2, 0) is 20.8 Å². The molecule has 2 saturated carbocycles. The third kappa shape index (κ3) is 3.34. The van der Waals surface area contributed by atoms with Crippen molar-refractivity contribution in [1.29, 1.82) is 0 Å². The zero-order valence-electron chi connectivity index (χ0n) is 13.4. The zero-order chi connectivity index (χ0) is 17.5. The monoisotopic (exact) mass is 368 g/mol. The molecular weight excluding hydrogens is 348 g/mol. The van der Waals surface area contributed by atoms with Gasteiger partial charge in [-0.15, -0.1) is 12.4 Å². The summed E-state index contributed by atoms with van der Waals surface area (Å²) in [4.78, 5) is 35.4. The number of benzene rings is 1. The lowest BCUT2D eigenvalue weighted by Gasteiger charge is -2.29. The maximum Gasteiger partial charge on any atom is 0.329 e. The number of nitrogens with two attached hydrogens (primary N) is 1. The summed E-state index contributed by atoms with van der Waals surface area (Å²) >= 11 is 0. The van der Waals surface area contributed by atoms with Gasteiger partial charge in [-0.3, -0.25) is 9.59 Å². The van der Waals surface area contributed by atoms with E-state index in [1.807, 2.05) is 30.3 Å². The van der Waals surface area contributed by atoms with Crippen LogP contribution in [0.4, 0.5) is 0 Å². The summed E-state index contributed by atoms with van der Waals surface area (Å²) in [5.74, 6) is -4.17. The van der Waals surface area contributed by atoms with Gasteiger partial charge in [0.2, 0.25) is 5.91 Å². The second-order valence-corrected chi connectivity index (χ2v) is 6.65. The fourth-order valence-electron chi connectivity index (χ4n) is 4.02. The van der Waals surface area contributed by atoms with Gasteiger partial charge in [-0.2, -0.15) is 0 Å². The van der Waals surface area contributed by atoms with Gasteiger partial charge in [0.25, 0.3) is 0 Å². The second-order valence-electron chi connectivity index (χ2n) is 6.65. The molecule has 3 rings (SSSR count). The Balaban J connectivity index is 0.00000225. The average Bonchev–Trinajstić information content (AvgIpc) is 3.17. The van der Waals surface area contributed by atoms with Crippen molar-refractivity contribution in [3.05, 3.63) is 35.9 Å². The van der Waals surface area contributed by atoms with E-state index in [-0.39, 0.29) is 24.7 Å². The number of carboxylic acids is 2. The number of carboxylic acid groups (broad SMARTS) is 2. The molecule has 0 bridgehead atoms. The predicted octanol–water partition coefficient (Wildman–Crippen LogP) is 0.658. The number of carbonyl (C=O) groups is 3. The van der Waals surface area contributed by atoms with Crippen LogP contribution in [0.15, 0.2) is 30.3 Å². The first kappa shape index (κ1) is 19.2. The molecule has 2 fully saturated rings. The van der Waals surface area contributed by atoms with Crippen LogP contribution in [0.1, 0.15) is 18.4 Å². The number of hydrogen-bond acceptors (Lipinski definition) is 4. The SMILES string of the molecule is Cl.N[C@@H](Cc1ccccc1)C(=O)N[C@@]1(C(=O)O)CC[C@H]2[C@H](C(=O)O)[C@H]21. The van der Waals surface area contributed by atoms with Gasteiger partial charge in [-0.1, -0.05) is 30.3 Å². The molecular formula is C17H21ClN2O5. The maximum atomic E-state index is 12.4. The summed E-state index contributed by atoms with van der Waals surface area (Å²) in [5, 5.41) is 21.4. The lowest BCUT2D eigenvalue weighted by molar-refractivity contribution is -0.150. The smallest absolute Gasteiger partial charge is 0.329 e. The lowest BCUT2D eigenvalue weighted by Crippen LogP contribution is -2.59. The summed E-state index contributed by atoms with van der Waals surface area (Å²) in [5.41, 5.74) is 5.28. The van der Waals surface area contributed by atoms with Crippen molar-refractivity contribution in [2.45, 2.75) is 30.8 Å². The highest BCUT2D eigenvalue weighted by molar-refractivity contribution is 5.92. The van der Waals surface area contributed by atoms with Crippen LogP contribution in [-0.4, -0.2) is 39.6 Å². The molecule has 0 aliphatic heterocycles. The number of carbonyl (C=O) groups excluding carboxylic acids is 1. The first-order valence-electron chi connectivity index (χ1n) is 7.94. The van der Waals surface area contributed by atoms with E-state index < -0.39 is 41.3 Å². The largest absolute Gasteiger partial charge is 0.481 e. The second kappa shape index (κ2) is 7.01. The van der Waals surface area contributed by atoms with E-state index in [0.717, 1.165) is 5.56 Å². The number of fused-ring (bicyclic) bond motifs is 1. The highest BCUT2D eigenvalue weighted by Crippen LogP contribution is 2.62. The molecule has 1 aromatic carbocycles. The van der Waals surface area contributed by atoms with E-state index in [9.17, 15) is 24.6 Å². The molecule has 2 aliphatic carbocycles. The molecule has 5 N–H and O–H groups in total. The number of rotatable bonds is 6. The quantitative estimate of drug-likeness (QED) is 0.583. The molecule has 0 spiro atoms. The Morgan fingerprint density at radius 2 is 1.88 bits per heavy atom. The molecule has 0 aromatic heterocycles. The number of amides is 1. The van der Waals surface area contributed by atoms with Crippen molar-refractivity contribution in [3.63, 3.8) is 0 Å². The molecule has 136 valence electrons. The summed E-state index contributed by atoms with van der Waals surface area (Å²) in [7, 11) is 0. The van der Waals surface area contributed by atoms with Gasteiger partial charge in [-0.05, 0) is 30.7 Å². The Morgan fingerprint density at radius 3 is 2.40 bits per heavy atom. The first-order chi connectivity index (χ1) is 11.4. The number of aliphatic carboxylic acids is 2. The molecule has 0 heterocycles. The van der Waals surface area contributed by atoms with Crippen LogP contribution in [0.3, 0.4) is 0 Å². The highest BCUT2D eigenvalue weighted by atomic mass is 35.5. The Labute approximate surface area is 151 Å². The Morgan fingerprint density at radius 1 is 1.24 bits per heavy atom. The molecule has 2 aliphatic rings. The third-order valence-electron chi connectivity index (χ3n) is 5.26. The molecule has 8 heteroatoms. The van der Waals surface area contributed by atoms with Crippen LogP contribution >= 0.6 is 12.4 Å². The topological polar surface area (TPSA) is 130 Å². The van der Waals surface area contributed by atoms with Gasteiger partial charge in [0, 0.05) is 5.92 Å². The van der Waals surface area contributed by atoms with Crippen LogP contribution in [0, 0.1) is 17.8 Å². The zero-order valence-corrected chi connectivity index (χ0v) is 14.2. The molecule has 7 nitrogen and oxygen atoms in total. The molecule has 1 amide bonds. The molecule has 0 radical (unpaired) electrons. The van der Waals surface area contributed by atoms with E-state index in [1.54, 1.807) is 0 Å². The van der Waals surface area contributed by atoms with Gasteiger partial charge in [0.05, 0.1) is 12.0 Å². The molecule has 1 aromatic rings. The summed E-state index contributed by atoms with van der Waals surface area (Å²) in [6.07, 6.45) is 1.02. The normalized spacial score (nSPS) is 30.5. The molecule has 0 saturated heterocycles. The van der Waals surface area contributed by atoms with Crippen molar-refractivity contribution in [1.82, 2.24) is 5.32 Å². The fourth-order valence-corrected chi connectivity index (χ4v) is 4.02. The third-order valence-corrected chi connectivity index (χ3v) is 5.26. The fraction of sp³-hybridized carbons (Fsp3) is 0.471. The van der Waals surface area contributed by atoms with Crippen LogP contribution in [0.25, 0.3) is 0 Å². The van der Waals surface area contributed by atoms with Gasteiger partial charge < -0.3 is 21.3 Å². The standard InChI is InChI=1S/C17H20N2O5.ClH/c18-11(8-9-4-2-1-3-5-9)14(20)19-17(16(23)24)7-6-10-12(13(10)17)15(21)22;/h1-5,10-13H,6-8,18H2,(H,19,20)(H,21,22)(H,23,24);1H/t10-,11-,12-,13-,17-;/m0./s1. The van der Waals surface area contributed by atoms with E-state index >= 15 is 0 Å². The van der Waals surface area contributed by atoms with Crippen LogP contribution in [0.5, 0.6) is 0 Å². The Bertz CT molecular complexity index is 683. The van der Waals surface area contributed by atoms with Crippen molar-refractivity contribution < 1.29 is 24.6 Å². The van der Waals surface area contributed by atoms with Gasteiger partial charge in [0.1, 0.15) is 5.54 Å². The van der Waals surface area contributed by atoms with Gasteiger partial charge in [-0.25, -0.2) is 4.79 Å². The number of hydrogen-bond donors (Lipinski definition) is 4. The number of nitrogens with one attached hydrogen (secondary N) is 1. The minimum absolute atomic E-state index is 0. The lowest BCUT2D eigenvalue weighted by atomic mass is 9.89. The summed E-state index contributed by atoms with van der Waals surface area (Å²) in [6.45, 7) is 0. The molecule has 25 heavy (non-hydrogen) atoms. The van der Waals surface area contributed by atoms with E-state index in [2.05, 4.69) is 5.32 Å². The van der Waals surface area contributed by atoms with Crippen LogP contribution < -0.4 is 11.1 Å². The Hall–Kier alpha value is -2.12. The average molecular weight is 369 g/mol. The first-order valence-corrected chi connectivity index (χ1v) is 7.94.